The molecule has 1 amide bonds. The molecule has 0 saturated carbocycles. The van der Waals surface area contributed by atoms with E-state index in [0.717, 1.165) is 39.9 Å². The lowest BCUT2D eigenvalue weighted by atomic mass is 9.98. The van der Waals surface area contributed by atoms with Gasteiger partial charge in [0.15, 0.2) is 0 Å². The zero-order chi connectivity index (χ0) is 23.4. The third kappa shape index (κ3) is 5.11. The van der Waals surface area contributed by atoms with Gasteiger partial charge in [0, 0.05) is 12.5 Å². The molecule has 1 N–H and O–H groups in total. The van der Waals surface area contributed by atoms with Crippen molar-refractivity contribution >= 4 is 12.2 Å². The van der Waals surface area contributed by atoms with Crippen molar-refractivity contribution in [3.05, 3.63) is 101 Å². The van der Waals surface area contributed by atoms with Gasteiger partial charge < -0.3 is 10.1 Å². The Morgan fingerprint density at radius 3 is 2.27 bits per heavy atom. The summed E-state index contributed by atoms with van der Waals surface area (Å²) in [6, 6.07) is 19.9. The summed E-state index contributed by atoms with van der Waals surface area (Å²) in [5.74, 6) is -0.00747. The number of nitrogens with one attached hydrogen (secondary N) is 1. The Kier molecular flexibility index (Phi) is 6.54. The molecule has 0 heterocycles. The van der Waals surface area contributed by atoms with Gasteiger partial charge in [-0.2, -0.15) is 13.2 Å². The smallest absolute Gasteiger partial charge is 0.416 e. The molecule has 0 fully saturated rings. The summed E-state index contributed by atoms with van der Waals surface area (Å²) in [5, 5.41) is 2.70. The normalized spacial score (nSPS) is 13.1. The third-order valence-corrected chi connectivity index (χ3v) is 5.83. The van der Waals surface area contributed by atoms with Gasteiger partial charge in [0.2, 0.25) is 0 Å². The molecular weight excluding hydrogens is 427 g/mol. The second-order valence-electron chi connectivity index (χ2n) is 8.01. The SMILES string of the molecule is Cc1ccc(C(F)(F)F)cc1C=CCCNC(=O)OCC1c2ccccc2-c2ccccc21. The fraction of sp³-hybridized carbons (Fsp3) is 0.222. The van der Waals surface area contributed by atoms with Crippen LogP contribution in [0.1, 0.15) is 40.2 Å². The fourth-order valence-corrected chi connectivity index (χ4v) is 4.11. The molecule has 1 aliphatic carbocycles. The number of fused-ring (bicyclic) bond motifs is 3. The van der Waals surface area contributed by atoms with E-state index in [1.807, 2.05) is 24.3 Å². The number of benzene rings is 3. The Morgan fingerprint density at radius 2 is 1.64 bits per heavy atom. The minimum Gasteiger partial charge on any atom is -0.449 e. The van der Waals surface area contributed by atoms with E-state index < -0.39 is 17.8 Å². The van der Waals surface area contributed by atoms with Crippen molar-refractivity contribution in [3.8, 4) is 11.1 Å². The van der Waals surface area contributed by atoms with Crippen molar-refractivity contribution in [2.45, 2.75) is 25.4 Å². The van der Waals surface area contributed by atoms with Crippen LogP contribution in [-0.2, 0) is 10.9 Å². The lowest BCUT2D eigenvalue weighted by molar-refractivity contribution is -0.137. The van der Waals surface area contributed by atoms with Gasteiger partial charge in [-0.15, -0.1) is 0 Å². The molecule has 1 aliphatic rings. The van der Waals surface area contributed by atoms with E-state index in [-0.39, 0.29) is 12.5 Å². The Balaban J connectivity index is 1.28. The van der Waals surface area contributed by atoms with Crippen molar-refractivity contribution in [2.75, 3.05) is 13.2 Å². The Hall–Kier alpha value is -3.54. The highest BCUT2D eigenvalue weighted by molar-refractivity contribution is 5.79. The minimum absolute atomic E-state index is 0.00747. The monoisotopic (exact) mass is 451 g/mol. The molecule has 3 aromatic carbocycles. The predicted molar refractivity (Wildman–Crippen MR) is 123 cm³/mol. The topological polar surface area (TPSA) is 38.3 Å². The van der Waals surface area contributed by atoms with Crippen LogP contribution in [0.4, 0.5) is 18.0 Å². The Bertz CT molecular complexity index is 1140. The molecule has 0 atom stereocenters. The first-order valence-electron chi connectivity index (χ1n) is 10.8. The van der Waals surface area contributed by atoms with Crippen LogP contribution in [0.15, 0.2) is 72.8 Å². The molecule has 170 valence electrons. The summed E-state index contributed by atoms with van der Waals surface area (Å²) in [6.07, 6.45) is -1.03. The molecule has 0 bridgehead atoms. The number of hydrogen-bond donors (Lipinski definition) is 1. The molecule has 0 radical (unpaired) electrons. The van der Waals surface area contributed by atoms with Gasteiger partial charge >= 0.3 is 12.3 Å². The molecule has 0 aromatic heterocycles. The van der Waals surface area contributed by atoms with Crippen molar-refractivity contribution < 1.29 is 22.7 Å². The zero-order valence-corrected chi connectivity index (χ0v) is 18.2. The van der Waals surface area contributed by atoms with Crippen LogP contribution in [0.25, 0.3) is 17.2 Å². The molecular formula is C27H24F3NO2. The summed E-state index contributed by atoms with van der Waals surface area (Å²) >= 11 is 0. The molecule has 0 saturated heterocycles. The van der Waals surface area contributed by atoms with Gasteiger partial charge in [-0.05, 0) is 58.9 Å². The standard InChI is InChI=1S/C27H24F3NO2/c1-18-13-14-20(27(28,29)30)16-19(18)8-6-7-15-31-26(32)33-17-25-23-11-4-2-9-21(23)22-10-3-5-12-24(22)25/h2-6,8-14,16,25H,7,15,17H2,1H3,(H,31,32). The van der Waals surface area contributed by atoms with E-state index >= 15 is 0 Å². The maximum absolute atomic E-state index is 12.9. The fourth-order valence-electron chi connectivity index (χ4n) is 4.11. The number of amides is 1. The molecule has 3 aromatic rings. The molecule has 0 spiro atoms. The van der Waals surface area contributed by atoms with E-state index in [1.54, 1.807) is 19.1 Å². The second kappa shape index (κ2) is 9.53. The van der Waals surface area contributed by atoms with E-state index in [0.29, 0.717) is 18.5 Å². The van der Waals surface area contributed by atoms with Crippen LogP contribution in [0, 0.1) is 6.92 Å². The summed E-state index contributed by atoms with van der Waals surface area (Å²) < 4.78 is 44.2. The second-order valence-corrected chi connectivity index (χ2v) is 8.01. The van der Waals surface area contributed by atoms with Crippen LogP contribution in [0.3, 0.4) is 0 Å². The van der Waals surface area contributed by atoms with Gasteiger partial charge in [0.25, 0.3) is 0 Å². The lowest BCUT2D eigenvalue weighted by Crippen LogP contribution is -2.26. The van der Waals surface area contributed by atoms with E-state index in [1.165, 1.54) is 6.07 Å². The number of halogens is 3. The van der Waals surface area contributed by atoms with Crippen LogP contribution in [0.5, 0.6) is 0 Å². The highest BCUT2D eigenvalue weighted by Crippen LogP contribution is 2.44. The van der Waals surface area contributed by atoms with E-state index in [2.05, 4.69) is 29.6 Å². The van der Waals surface area contributed by atoms with Gasteiger partial charge in [-0.3, -0.25) is 0 Å². The number of rotatable bonds is 6. The van der Waals surface area contributed by atoms with E-state index in [4.69, 9.17) is 4.74 Å². The summed E-state index contributed by atoms with van der Waals surface area (Å²) in [6.45, 7) is 2.32. The molecule has 3 nitrogen and oxygen atoms in total. The van der Waals surface area contributed by atoms with Gasteiger partial charge in [0.1, 0.15) is 6.61 Å². The Morgan fingerprint density at radius 1 is 1.00 bits per heavy atom. The third-order valence-electron chi connectivity index (χ3n) is 5.83. The molecule has 0 aliphatic heterocycles. The van der Waals surface area contributed by atoms with Gasteiger partial charge in [-0.25, -0.2) is 4.79 Å². The number of aryl methyl sites for hydroxylation is 1. The van der Waals surface area contributed by atoms with Crippen LogP contribution >= 0.6 is 0 Å². The first-order valence-corrected chi connectivity index (χ1v) is 10.8. The highest BCUT2D eigenvalue weighted by Gasteiger charge is 2.30. The summed E-state index contributed by atoms with van der Waals surface area (Å²) in [7, 11) is 0. The molecule has 33 heavy (non-hydrogen) atoms. The van der Waals surface area contributed by atoms with E-state index in [9.17, 15) is 18.0 Å². The molecule has 6 heteroatoms. The predicted octanol–water partition coefficient (Wildman–Crippen LogP) is 6.96. The Labute approximate surface area is 190 Å². The number of alkyl halides is 3. The maximum Gasteiger partial charge on any atom is 0.416 e. The number of carbonyl (C=O) groups is 1. The van der Waals surface area contributed by atoms with Crippen LogP contribution in [-0.4, -0.2) is 19.2 Å². The molecule has 0 unspecified atom stereocenters. The minimum atomic E-state index is -4.37. The van der Waals surface area contributed by atoms with Crippen molar-refractivity contribution in [1.29, 1.82) is 0 Å². The number of ether oxygens (including phenoxy) is 1. The van der Waals surface area contributed by atoms with Crippen LogP contribution < -0.4 is 5.32 Å². The quantitative estimate of drug-likeness (QED) is 0.412. The highest BCUT2D eigenvalue weighted by atomic mass is 19.4. The zero-order valence-electron chi connectivity index (χ0n) is 18.2. The average molecular weight is 451 g/mol. The summed E-state index contributed by atoms with van der Waals surface area (Å²) in [4.78, 5) is 12.2. The number of carbonyl (C=O) groups excluding carboxylic acids is 1. The van der Waals surface area contributed by atoms with Crippen molar-refractivity contribution in [2.24, 2.45) is 0 Å². The maximum atomic E-state index is 12.9. The van der Waals surface area contributed by atoms with Gasteiger partial charge in [0.05, 0.1) is 5.56 Å². The number of hydrogen-bond acceptors (Lipinski definition) is 2. The lowest BCUT2D eigenvalue weighted by Gasteiger charge is -2.14. The first kappa shape index (κ1) is 22.6. The largest absolute Gasteiger partial charge is 0.449 e. The number of alkyl carbamates (subject to hydrolysis) is 1. The van der Waals surface area contributed by atoms with Crippen LogP contribution in [0.2, 0.25) is 0 Å². The van der Waals surface area contributed by atoms with Crippen molar-refractivity contribution in [1.82, 2.24) is 5.32 Å². The van der Waals surface area contributed by atoms with Crippen molar-refractivity contribution in [3.63, 3.8) is 0 Å². The average Bonchev–Trinajstić information content (AvgIpc) is 3.11. The molecule has 4 rings (SSSR count). The summed E-state index contributed by atoms with van der Waals surface area (Å²) in [5.41, 5.74) is 5.20. The first-order chi connectivity index (χ1) is 15.8. The van der Waals surface area contributed by atoms with Gasteiger partial charge in [-0.1, -0.05) is 66.7 Å².